The molecule has 0 spiro atoms. The van der Waals surface area contributed by atoms with E-state index < -0.39 is 30.0 Å². The molecule has 4 nitrogen and oxygen atoms in total. The van der Waals surface area contributed by atoms with Crippen LogP contribution in [0.15, 0.2) is 0 Å². The van der Waals surface area contributed by atoms with Crippen molar-refractivity contribution in [3.63, 3.8) is 0 Å². The van der Waals surface area contributed by atoms with Gasteiger partial charge >= 0.3 is 12.3 Å². The predicted molar refractivity (Wildman–Crippen MR) is 50.9 cm³/mol. The Morgan fingerprint density at radius 3 is 2.00 bits per heavy atom. The second-order valence-corrected chi connectivity index (χ2v) is 4.63. The van der Waals surface area contributed by atoms with Crippen molar-refractivity contribution in [2.45, 2.75) is 45.1 Å². The monoisotopic (exact) mass is 243 g/mol. The standard InChI is InChI=1S/C9H16F3NO3/c1-7(2,3)16-6(14)13-5-8(4,15)9(10,11)12/h15H,5H2,1-4H3,(H,13,14). The summed E-state index contributed by atoms with van der Waals surface area (Å²) >= 11 is 0. The van der Waals surface area contributed by atoms with Crippen molar-refractivity contribution < 1.29 is 27.8 Å². The third kappa shape index (κ3) is 5.20. The molecule has 16 heavy (non-hydrogen) atoms. The Morgan fingerprint density at radius 2 is 1.69 bits per heavy atom. The summed E-state index contributed by atoms with van der Waals surface area (Å²) in [4.78, 5) is 11.0. The number of alkyl halides is 3. The Morgan fingerprint density at radius 1 is 1.25 bits per heavy atom. The first-order valence-corrected chi connectivity index (χ1v) is 4.61. The molecule has 0 bridgehead atoms. The average molecular weight is 243 g/mol. The van der Waals surface area contributed by atoms with Crippen LogP contribution >= 0.6 is 0 Å². The van der Waals surface area contributed by atoms with Gasteiger partial charge in [-0.05, 0) is 27.7 Å². The molecule has 0 fully saturated rings. The maximum atomic E-state index is 12.2. The van der Waals surface area contributed by atoms with E-state index in [4.69, 9.17) is 9.84 Å². The van der Waals surface area contributed by atoms with Crippen LogP contribution in [0.3, 0.4) is 0 Å². The van der Waals surface area contributed by atoms with Gasteiger partial charge in [-0.25, -0.2) is 4.79 Å². The lowest BCUT2D eigenvalue weighted by Crippen LogP contribution is -2.51. The quantitative estimate of drug-likeness (QED) is 0.777. The molecule has 0 aromatic carbocycles. The smallest absolute Gasteiger partial charge is 0.418 e. The van der Waals surface area contributed by atoms with E-state index >= 15 is 0 Å². The number of amides is 1. The van der Waals surface area contributed by atoms with Gasteiger partial charge in [0.05, 0.1) is 6.54 Å². The van der Waals surface area contributed by atoms with E-state index in [-0.39, 0.29) is 0 Å². The molecule has 96 valence electrons. The van der Waals surface area contributed by atoms with E-state index in [9.17, 15) is 18.0 Å². The fourth-order valence-corrected chi connectivity index (χ4v) is 0.659. The minimum atomic E-state index is -4.80. The number of carbonyl (C=O) groups excluding carboxylic acids is 1. The molecule has 1 amide bonds. The minimum absolute atomic E-state index is 0.574. The molecule has 0 saturated heterocycles. The maximum Gasteiger partial charge on any atom is 0.418 e. The van der Waals surface area contributed by atoms with Crippen LogP contribution in [0.5, 0.6) is 0 Å². The number of nitrogens with one attached hydrogen (secondary N) is 1. The molecular weight excluding hydrogens is 227 g/mol. The zero-order chi connectivity index (χ0) is 13.2. The maximum absolute atomic E-state index is 12.2. The molecule has 0 radical (unpaired) electrons. The first-order chi connectivity index (χ1) is 6.85. The molecule has 1 unspecified atom stereocenters. The van der Waals surface area contributed by atoms with Gasteiger partial charge in [-0.15, -0.1) is 0 Å². The Labute approximate surface area is 91.8 Å². The second-order valence-electron chi connectivity index (χ2n) is 4.63. The van der Waals surface area contributed by atoms with Crippen LogP contribution in [0.4, 0.5) is 18.0 Å². The van der Waals surface area contributed by atoms with Crippen molar-refractivity contribution in [1.29, 1.82) is 0 Å². The number of hydrogen-bond acceptors (Lipinski definition) is 3. The van der Waals surface area contributed by atoms with Crippen molar-refractivity contribution in [1.82, 2.24) is 5.32 Å². The van der Waals surface area contributed by atoms with Gasteiger partial charge in [-0.1, -0.05) is 0 Å². The molecule has 0 rings (SSSR count). The minimum Gasteiger partial charge on any atom is -0.444 e. The molecule has 0 aromatic rings. The molecule has 0 aliphatic rings. The first-order valence-electron chi connectivity index (χ1n) is 4.61. The van der Waals surface area contributed by atoms with Crippen LogP contribution in [-0.4, -0.2) is 35.1 Å². The van der Waals surface area contributed by atoms with E-state index in [1.165, 1.54) is 0 Å². The van der Waals surface area contributed by atoms with Crippen LogP contribution in [0.2, 0.25) is 0 Å². The summed E-state index contributed by atoms with van der Waals surface area (Å²) in [7, 11) is 0. The number of hydrogen-bond donors (Lipinski definition) is 2. The van der Waals surface area contributed by atoms with Crippen LogP contribution in [0.25, 0.3) is 0 Å². The molecular formula is C9H16F3NO3. The summed E-state index contributed by atoms with van der Waals surface area (Å²) in [5.74, 6) is 0. The van der Waals surface area contributed by atoms with Crippen molar-refractivity contribution >= 4 is 6.09 Å². The number of ether oxygens (including phenoxy) is 1. The lowest BCUT2D eigenvalue weighted by Gasteiger charge is -2.27. The summed E-state index contributed by atoms with van der Waals surface area (Å²) in [6, 6.07) is 0. The van der Waals surface area contributed by atoms with Crippen LogP contribution in [0.1, 0.15) is 27.7 Å². The van der Waals surface area contributed by atoms with Crippen molar-refractivity contribution in [3.8, 4) is 0 Å². The molecule has 0 saturated carbocycles. The third-order valence-corrected chi connectivity index (χ3v) is 1.59. The van der Waals surface area contributed by atoms with Gasteiger partial charge in [-0.2, -0.15) is 13.2 Å². The Hall–Kier alpha value is -0.980. The first kappa shape index (κ1) is 15.0. The highest BCUT2D eigenvalue weighted by molar-refractivity contribution is 5.67. The van der Waals surface area contributed by atoms with Crippen LogP contribution in [-0.2, 0) is 4.74 Å². The van der Waals surface area contributed by atoms with E-state index in [1.807, 2.05) is 5.32 Å². The predicted octanol–water partition coefficient (Wildman–Crippen LogP) is 1.82. The zero-order valence-electron chi connectivity index (χ0n) is 9.60. The van der Waals surface area contributed by atoms with Gasteiger partial charge in [0, 0.05) is 0 Å². The SMILES string of the molecule is CC(C)(C)OC(=O)NCC(C)(O)C(F)(F)F. The highest BCUT2D eigenvalue weighted by atomic mass is 19.4. The second kappa shape index (κ2) is 4.48. The molecule has 7 heteroatoms. The average Bonchev–Trinajstić information content (AvgIpc) is 1.95. The molecule has 0 aliphatic carbocycles. The molecule has 2 N–H and O–H groups in total. The fourth-order valence-electron chi connectivity index (χ4n) is 0.659. The molecule has 0 aromatic heterocycles. The number of rotatable bonds is 2. The lowest BCUT2D eigenvalue weighted by molar-refractivity contribution is -0.249. The van der Waals surface area contributed by atoms with E-state index in [0.29, 0.717) is 6.92 Å². The summed E-state index contributed by atoms with van der Waals surface area (Å²) in [5, 5.41) is 10.9. The topological polar surface area (TPSA) is 58.6 Å². The Kier molecular flexibility index (Phi) is 4.21. The van der Waals surface area contributed by atoms with Gasteiger partial charge in [0.15, 0.2) is 5.60 Å². The van der Waals surface area contributed by atoms with Crippen LogP contribution in [0, 0.1) is 0 Å². The van der Waals surface area contributed by atoms with Crippen molar-refractivity contribution in [2.75, 3.05) is 6.54 Å². The molecule has 0 aliphatic heterocycles. The number of halogens is 3. The summed E-state index contributed by atoms with van der Waals surface area (Å²) < 4.78 is 41.3. The highest BCUT2D eigenvalue weighted by Crippen LogP contribution is 2.29. The Bertz CT molecular complexity index is 256. The largest absolute Gasteiger partial charge is 0.444 e. The molecule has 0 heterocycles. The summed E-state index contributed by atoms with van der Waals surface area (Å²) in [5.41, 5.74) is -3.77. The van der Waals surface area contributed by atoms with E-state index in [1.54, 1.807) is 20.8 Å². The lowest BCUT2D eigenvalue weighted by atomic mass is 10.1. The van der Waals surface area contributed by atoms with E-state index in [2.05, 4.69) is 0 Å². The number of alkyl carbamates (subject to hydrolysis) is 1. The van der Waals surface area contributed by atoms with Gasteiger partial charge in [0.1, 0.15) is 5.60 Å². The van der Waals surface area contributed by atoms with Gasteiger partial charge in [-0.3, -0.25) is 0 Å². The van der Waals surface area contributed by atoms with Crippen molar-refractivity contribution in [3.05, 3.63) is 0 Å². The summed E-state index contributed by atoms with van der Waals surface area (Å²) in [6.07, 6.45) is -5.81. The molecule has 1 atom stereocenters. The number of aliphatic hydroxyl groups is 1. The zero-order valence-corrected chi connectivity index (χ0v) is 9.60. The fraction of sp³-hybridized carbons (Fsp3) is 0.889. The van der Waals surface area contributed by atoms with Crippen molar-refractivity contribution in [2.24, 2.45) is 0 Å². The summed E-state index contributed by atoms with van der Waals surface area (Å²) in [6.45, 7) is 4.35. The van der Waals surface area contributed by atoms with Gasteiger partial charge in [0.2, 0.25) is 0 Å². The van der Waals surface area contributed by atoms with Gasteiger partial charge < -0.3 is 15.2 Å². The van der Waals surface area contributed by atoms with Crippen LogP contribution < -0.4 is 5.32 Å². The van der Waals surface area contributed by atoms with E-state index in [0.717, 1.165) is 0 Å². The number of carbonyl (C=O) groups is 1. The Balaban J connectivity index is 4.22. The highest BCUT2D eigenvalue weighted by Gasteiger charge is 2.50. The third-order valence-electron chi connectivity index (χ3n) is 1.59. The van der Waals surface area contributed by atoms with Gasteiger partial charge in [0.25, 0.3) is 0 Å². The normalized spacial score (nSPS) is 16.5.